The summed E-state index contributed by atoms with van der Waals surface area (Å²) in [5.74, 6) is -0.212. The maximum Gasteiger partial charge on any atom is 0.307 e. The number of nitriles is 1. The number of carbonyl (C=O) groups is 1. The third-order valence-electron chi connectivity index (χ3n) is 2.70. The first-order valence-corrected chi connectivity index (χ1v) is 5.96. The molecule has 18 heavy (non-hydrogen) atoms. The van der Waals surface area contributed by atoms with Gasteiger partial charge in [0.15, 0.2) is 0 Å². The minimum atomic E-state index is -0.212. The standard InChI is InChI=1S/C14H18N2O2/c1-4-18-13(17)8-9-16(3)14-11(2)6-5-7-12(14)10-15/h5-7H,4,8-9H2,1-3H3. The Balaban J connectivity index is 2.76. The smallest absolute Gasteiger partial charge is 0.307 e. The van der Waals surface area contributed by atoms with Gasteiger partial charge in [-0.3, -0.25) is 4.79 Å². The highest BCUT2D eigenvalue weighted by molar-refractivity contribution is 5.71. The van der Waals surface area contributed by atoms with E-state index in [2.05, 4.69) is 6.07 Å². The molecular weight excluding hydrogens is 228 g/mol. The Hall–Kier alpha value is -2.02. The van der Waals surface area contributed by atoms with Gasteiger partial charge in [-0.1, -0.05) is 12.1 Å². The van der Waals surface area contributed by atoms with E-state index in [1.54, 1.807) is 13.0 Å². The van der Waals surface area contributed by atoms with E-state index in [1.165, 1.54) is 0 Å². The van der Waals surface area contributed by atoms with Gasteiger partial charge in [-0.15, -0.1) is 0 Å². The lowest BCUT2D eigenvalue weighted by atomic mass is 10.1. The second-order valence-electron chi connectivity index (χ2n) is 4.06. The number of hydrogen-bond acceptors (Lipinski definition) is 4. The van der Waals surface area contributed by atoms with Crippen molar-refractivity contribution in [3.05, 3.63) is 29.3 Å². The number of ether oxygens (including phenoxy) is 1. The highest BCUT2D eigenvalue weighted by Gasteiger charge is 2.11. The Bertz CT molecular complexity index is 463. The quantitative estimate of drug-likeness (QED) is 0.748. The lowest BCUT2D eigenvalue weighted by Gasteiger charge is -2.22. The van der Waals surface area contributed by atoms with E-state index >= 15 is 0 Å². The summed E-state index contributed by atoms with van der Waals surface area (Å²) in [6.07, 6.45) is 0.323. The Labute approximate surface area is 108 Å². The fourth-order valence-electron chi connectivity index (χ4n) is 1.86. The summed E-state index contributed by atoms with van der Waals surface area (Å²) >= 11 is 0. The number of esters is 1. The molecule has 0 heterocycles. The molecule has 0 saturated carbocycles. The fourth-order valence-corrected chi connectivity index (χ4v) is 1.86. The van der Waals surface area contributed by atoms with Crippen LogP contribution in [0.1, 0.15) is 24.5 Å². The van der Waals surface area contributed by atoms with Crippen molar-refractivity contribution in [2.45, 2.75) is 20.3 Å². The molecule has 1 rings (SSSR count). The van der Waals surface area contributed by atoms with Crippen molar-refractivity contribution in [1.29, 1.82) is 5.26 Å². The summed E-state index contributed by atoms with van der Waals surface area (Å²) in [6, 6.07) is 7.77. The van der Waals surface area contributed by atoms with Gasteiger partial charge in [-0.25, -0.2) is 0 Å². The minimum Gasteiger partial charge on any atom is -0.466 e. The van der Waals surface area contributed by atoms with E-state index in [0.717, 1.165) is 11.3 Å². The van der Waals surface area contributed by atoms with Gasteiger partial charge in [0.05, 0.1) is 24.3 Å². The summed E-state index contributed by atoms with van der Waals surface area (Å²) in [6.45, 7) is 4.68. The van der Waals surface area contributed by atoms with Crippen LogP contribution in [-0.4, -0.2) is 26.2 Å². The molecule has 96 valence electrons. The first-order valence-electron chi connectivity index (χ1n) is 5.96. The molecule has 0 saturated heterocycles. The predicted molar refractivity (Wildman–Crippen MR) is 70.4 cm³/mol. The van der Waals surface area contributed by atoms with E-state index < -0.39 is 0 Å². The van der Waals surface area contributed by atoms with Gasteiger partial charge < -0.3 is 9.64 Å². The van der Waals surface area contributed by atoms with E-state index in [1.807, 2.05) is 31.0 Å². The maximum absolute atomic E-state index is 11.3. The third kappa shape index (κ3) is 3.49. The summed E-state index contributed by atoms with van der Waals surface area (Å²) < 4.78 is 4.88. The summed E-state index contributed by atoms with van der Waals surface area (Å²) in [5.41, 5.74) is 2.53. The van der Waals surface area contributed by atoms with Crippen LogP contribution < -0.4 is 4.90 Å². The van der Waals surface area contributed by atoms with Crippen LogP contribution in [-0.2, 0) is 9.53 Å². The van der Waals surface area contributed by atoms with Gasteiger partial charge in [0.1, 0.15) is 6.07 Å². The number of carbonyl (C=O) groups excluding carboxylic acids is 1. The van der Waals surface area contributed by atoms with Crippen molar-refractivity contribution >= 4 is 11.7 Å². The largest absolute Gasteiger partial charge is 0.466 e. The molecule has 0 atom stereocenters. The summed E-state index contributed by atoms with van der Waals surface area (Å²) in [5, 5.41) is 9.09. The zero-order valence-electron chi connectivity index (χ0n) is 11.1. The predicted octanol–water partition coefficient (Wildman–Crippen LogP) is 2.26. The monoisotopic (exact) mass is 246 g/mol. The average Bonchev–Trinajstić information content (AvgIpc) is 2.36. The number of para-hydroxylation sites is 1. The van der Waals surface area contributed by atoms with E-state index in [0.29, 0.717) is 25.1 Å². The van der Waals surface area contributed by atoms with Crippen molar-refractivity contribution in [3.63, 3.8) is 0 Å². The zero-order chi connectivity index (χ0) is 13.5. The lowest BCUT2D eigenvalue weighted by Crippen LogP contribution is -2.23. The number of rotatable bonds is 5. The van der Waals surface area contributed by atoms with Crippen molar-refractivity contribution in [2.75, 3.05) is 25.1 Å². The summed E-state index contributed by atoms with van der Waals surface area (Å²) in [7, 11) is 1.88. The second-order valence-corrected chi connectivity index (χ2v) is 4.06. The zero-order valence-corrected chi connectivity index (χ0v) is 11.1. The molecule has 4 heteroatoms. The fraction of sp³-hybridized carbons (Fsp3) is 0.429. The van der Waals surface area contributed by atoms with Gasteiger partial charge in [-0.05, 0) is 25.5 Å². The van der Waals surface area contributed by atoms with E-state index in [-0.39, 0.29) is 5.97 Å². The maximum atomic E-state index is 11.3. The first-order chi connectivity index (χ1) is 8.60. The van der Waals surface area contributed by atoms with Gasteiger partial charge in [0, 0.05) is 13.6 Å². The molecule has 0 fully saturated rings. The molecule has 0 spiro atoms. The SMILES string of the molecule is CCOC(=O)CCN(C)c1c(C)cccc1C#N. The van der Waals surface area contributed by atoms with Crippen LogP contribution in [0.5, 0.6) is 0 Å². The molecule has 0 N–H and O–H groups in total. The second kappa shape index (κ2) is 6.65. The molecule has 0 aliphatic heterocycles. The molecule has 0 amide bonds. The molecular formula is C14H18N2O2. The lowest BCUT2D eigenvalue weighted by molar-refractivity contribution is -0.142. The van der Waals surface area contributed by atoms with Crippen LogP contribution in [0.25, 0.3) is 0 Å². The number of benzene rings is 1. The van der Waals surface area contributed by atoms with E-state index in [9.17, 15) is 4.79 Å². The molecule has 0 unspecified atom stereocenters. The molecule has 0 radical (unpaired) electrons. The molecule has 0 bridgehead atoms. The van der Waals surface area contributed by atoms with Crippen molar-refractivity contribution in [1.82, 2.24) is 0 Å². The highest BCUT2D eigenvalue weighted by atomic mass is 16.5. The van der Waals surface area contributed by atoms with Crippen molar-refractivity contribution in [2.24, 2.45) is 0 Å². The summed E-state index contributed by atoms with van der Waals surface area (Å²) in [4.78, 5) is 13.2. The van der Waals surface area contributed by atoms with Crippen molar-refractivity contribution in [3.8, 4) is 6.07 Å². The van der Waals surface area contributed by atoms with Crippen LogP contribution >= 0.6 is 0 Å². The Morgan fingerprint density at radius 2 is 2.22 bits per heavy atom. The number of nitrogens with zero attached hydrogens (tertiary/aromatic N) is 2. The molecule has 0 aromatic heterocycles. The van der Waals surface area contributed by atoms with Gasteiger partial charge >= 0.3 is 5.97 Å². The van der Waals surface area contributed by atoms with Gasteiger partial charge in [0.2, 0.25) is 0 Å². The van der Waals surface area contributed by atoms with Crippen LogP contribution in [0.2, 0.25) is 0 Å². The Morgan fingerprint density at radius 1 is 1.50 bits per heavy atom. The average molecular weight is 246 g/mol. The topological polar surface area (TPSA) is 53.3 Å². The van der Waals surface area contributed by atoms with Crippen LogP contribution in [0.15, 0.2) is 18.2 Å². The van der Waals surface area contributed by atoms with Gasteiger partial charge in [-0.2, -0.15) is 5.26 Å². The van der Waals surface area contributed by atoms with Crippen LogP contribution in [0.4, 0.5) is 5.69 Å². The first kappa shape index (κ1) is 14.0. The van der Waals surface area contributed by atoms with Gasteiger partial charge in [0.25, 0.3) is 0 Å². The van der Waals surface area contributed by atoms with E-state index in [4.69, 9.17) is 10.00 Å². The molecule has 0 aliphatic carbocycles. The molecule has 1 aromatic rings. The van der Waals surface area contributed by atoms with Crippen molar-refractivity contribution < 1.29 is 9.53 Å². The number of aryl methyl sites for hydroxylation is 1. The molecule has 4 nitrogen and oxygen atoms in total. The van der Waals surface area contributed by atoms with Crippen LogP contribution in [0.3, 0.4) is 0 Å². The normalized spacial score (nSPS) is 9.67. The minimum absolute atomic E-state index is 0.212. The molecule has 1 aromatic carbocycles. The number of hydrogen-bond donors (Lipinski definition) is 0. The molecule has 0 aliphatic rings. The highest BCUT2D eigenvalue weighted by Crippen LogP contribution is 2.23. The third-order valence-corrected chi connectivity index (χ3v) is 2.70. The Kier molecular flexibility index (Phi) is 5.19. The Morgan fingerprint density at radius 3 is 2.83 bits per heavy atom. The number of anilines is 1. The van der Waals surface area contributed by atoms with Crippen LogP contribution in [0, 0.1) is 18.3 Å².